The number of carbonyl (C=O) groups excluding carboxylic acids is 1. The van der Waals surface area contributed by atoms with Gasteiger partial charge in [-0.25, -0.2) is 14.6 Å². The van der Waals surface area contributed by atoms with E-state index in [-0.39, 0.29) is 0 Å². The number of amides is 1. The molecule has 0 unspecified atom stereocenters. The molecular weight excluding hydrogens is 346 g/mol. The first kappa shape index (κ1) is 21.7. The van der Waals surface area contributed by atoms with Gasteiger partial charge in [0.15, 0.2) is 0 Å². The average Bonchev–Trinajstić information content (AvgIpc) is 2.46. The van der Waals surface area contributed by atoms with E-state index in [1.807, 2.05) is 0 Å². The van der Waals surface area contributed by atoms with Gasteiger partial charge in [-0.15, -0.1) is 0 Å². The molecule has 12 nitrogen and oxygen atoms in total. The van der Waals surface area contributed by atoms with Crippen LogP contribution in [-0.4, -0.2) is 98.6 Å². The summed E-state index contributed by atoms with van der Waals surface area (Å²) in [5.74, 6) is -5.17. The fourth-order valence-electron chi connectivity index (χ4n) is 2.22. The van der Waals surface area contributed by atoms with Crippen LogP contribution in [0.15, 0.2) is 0 Å². The minimum atomic E-state index is -2.78. The zero-order valence-corrected chi connectivity index (χ0v) is 13.4. The Morgan fingerprint density at radius 2 is 1.80 bits per heavy atom. The van der Waals surface area contributed by atoms with E-state index in [1.165, 1.54) is 0 Å². The Hall–Kier alpha value is -1.38. The van der Waals surface area contributed by atoms with E-state index in [1.54, 1.807) is 0 Å². The van der Waals surface area contributed by atoms with Crippen LogP contribution < -0.4 is 5.32 Å². The zero-order valence-electron chi connectivity index (χ0n) is 13.4. The minimum Gasteiger partial charge on any atom is -0.477 e. The van der Waals surface area contributed by atoms with E-state index < -0.39 is 61.1 Å². The highest BCUT2D eigenvalue weighted by Crippen LogP contribution is 2.30. The van der Waals surface area contributed by atoms with Gasteiger partial charge in [-0.2, -0.15) is 0 Å². The molecule has 146 valence electrons. The van der Waals surface area contributed by atoms with Crippen LogP contribution in [0.2, 0.25) is 0 Å². The second-order valence-corrected chi connectivity index (χ2v) is 5.55. The molecule has 0 spiro atoms. The van der Waals surface area contributed by atoms with Crippen molar-refractivity contribution in [2.24, 2.45) is 0 Å². The quantitative estimate of drug-likeness (QED) is 0.234. The molecule has 0 aromatic rings. The van der Waals surface area contributed by atoms with Gasteiger partial charge in [-0.05, 0) is 0 Å². The molecule has 2 saturated heterocycles. The second-order valence-electron chi connectivity index (χ2n) is 5.55. The van der Waals surface area contributed by atoms with Crippen molar-refractivity contribution in [2.75, 3.05) is 19.8 Å². The molecule has 0 aromatic heterocycles. The Morgan fingerprint density at radius 3 is 2.16 bits per heavy atom. The van der Waals surface area contributed by atoms with E-state index in [0.29, 0.717) is 0 Å². The molecule has 6 atom stereocenters. The number of carbonyl (C=O) groups is 2. The van der Waals surface area contributed by atoms with Crippen LogP contribution in [0.4, 0.5) is 0 Å². The Kier molecular flexibility index (Phi) is 8.11. The molecule has 2 fully saturated rings. The van der Waals surface area contributed by atoms with Gasteiger partial charge in [-0.1, -0.05) is 0 Å². The molecule has 0 bridgehead atoms. The topological polar surface area (TPSA) is 195 Å². The molecule has 0 aliphatic carbocycles. The van der Waals surface area contributed by atoms with E-state index in [2.05, 4.69) is 15.1 Å². The number of aliphatic hydroxyl groups excluding tert-OH is 4. The van der Waals surface area contributed by atoms with E-state index in [4.69, 9.17) is 14.9 Å². The summed E-state index contributed by atoms with van der Waals surface area (Å²) in [4.78, 5) is 30.5. The summed E-state index contributed by atoms with van der Waals surface area (Å²) >= 11 is 0. The first-order valence-corrected chi connectivity index (χ1v) is 7.42. The van der Waals surface area contributed by atoms with Crippen LogP contribution in [0, 0.1) is 0 Å². The Labute approximate surface area is 142 Å². The lowest BCUT2D eigenvalue weighted by Gasteiger charge is -2.44. The number of nitrogens with one attached hydrogen (secondary N) is 1. The highest BCUT2D eigenvalue weighted by atomic mass is 17.2. The van der Waals surface area contributed by atoms with Gasteiger partial charge in [-0.3, -0.25) is 4.79 Å². The van der Waals surface area contributed by atoms with Crippen molar-refractivity contribution in [1.82, 2.24) is 5.32 Å². The van der Waals surface area contributed by atoms with Crippen molar-refractivity contribution in [3.8, 4) is 0 Å². The number of ether oxygens (including phenoxy) is 1. The Balaban J connectivity index is 0.000000680. The summed E-state index contributed by atoms with van der Waals surface area (Å²) in [5, 5.41) is 59.0. The highest BCUT2D eigenvalue weighted by molar-refractivity contribution is 5.76. The van der Waals surface area contributed by atoms with Gasteiger partial charge < -0.3 is 40.7 Å². The lowest BCUT2D eigenvalue weighted by molar-refractivity contribution is -0.382. The van der Waals surface area contributed by atoms with Crippen LogP contribution in [0.5, 0.6) is 0 Å². The minimum absolute atomic E-state index is 0.598. The molecule has 25 heavy (non-hydrogen) atoms. The molecule has 2 aliphatic rings. The van der Waals surface area contributed by atoms with Gasteiger partial charge in [0.05, 0.1) is 18.8 Å². The number of hydrogen-bond acceptors (Lipinski definition) is 10. The lowest BCUT2D eigenvalue weighted by atomic mass is 9.88. The summed E-state index contributed by atoms with van der Waals surface area (Å²) in [6.07, 6.45) is -7.48. The second kappa shape index (κ2) is 9.35. The molecular formula is C13H23NO11. The van der Waals surface area contributed by atoms with E-state index in [9.17, 15) is 30.0 Å². The highest BCUT2D eigenvalue weighted by Gasteiger charge is 2.53. The normalized spacial score (nSPS) is 33.9. The summed E-state index contributed by atoms with van der Waals surface area (Å²) in [5.41, 5.74) is 0. The number of hydrogen-bond donors (Lipinski definition) is 7. The first-order valence-electron chi connectivity index (χ1n) is 7.42. The molecule has 12 heteroatoms. The van der Waals surface area contributed by atoms with Crippen LogP contribution in [0.1, 0.15) is 13.3 Å². The number of aliphatic carboxylic acids is 1. The smallest absolute Gasteiger partial charge is 0.364 e. The molecule has 7 N–H and O–H groups in total. The van der Waals surface area contributed by atoms with E-state index in [0.717, 1.165) is 20.1 Å². The van der Waals surface area contributed by atoms with Crippen LogP contribution in [-0.2, 0) is 24.1 Å². The number of aliphatic hydroxyl groups is 5. The molecule has 2 rings (SSSR count). The standard InChI is InChI=1S/C11H19NO9.C2H4O2/c1-4(14)12-7-5(15)2-11(20,10(18)19)21-9(7)8(17)6(16)3-13;1-2-4-3-1/h5-9,13,15-17,20H,2-3H2,1H3,(H,12,14)(H,18,19);1-2H2/t5-,6+,7+,8+,9+,11-;/m0./s1. The largest absolute Gasteiger partial charge is 0.477 e. The molecule has 0 saturated carbocycles. The van der Waals surface area contributed by atoms with Crippen LogP contribution in [0.25, 0.3) is 0 Å². The number of rotatable bonds is 5. The Bertz CT molecular complexity index is 453. The third-order valence-electron chi connectivity index (χ3n) is 3.54. The van der Waals surface area contributed by atoms with Gasteiger partial charge in [0.2, 0.25) is 5.91 Å². The third-order valence-corrected chi connectivity index (χ3v) is 3.54. The predicted molar refractivity (Wildman–Crippen MR) is 76.7 cm³/mol. The van der Waals surface area contributed by atoms with E-state index >= 15 is 0 Å². The number of carboxylic acids is 1. The zero-order chi connectivity index (χ0) is 19.2. The molecule has 1 amide bonds. The van der Waals surface area contributed by atoms with Crippen molar-refractivity contribution in [3.05, 3.63) is 0 Å². The fourth-order valence-corrected chi connectivity index (χ4v) is 2.22. The predicted octanol–water partition coefficient (Wildman–Crippen LogP) is -3.92. The fraction of sp³-hybridized carbons (Fsp3) is 0.846. The van der Waals surface area contributed by atoms with Crippen LogP contribution in [0.3, 0.4) is 0 Å². The maximum atomic E-state index is 11.1. The van der Waals surface area contributed by atoms with Crippen molar-refractivity contribution >= 4 is 11.9 Å². The average molecular weight is 369 g/mol. The van der Waals surface area contributed by atoms with Gasteiger partial charge in [0, 0.05) is 13.3 Å². The molecule has 0 aromatic carbocycles. The summed E-state index contributed by atoms with van der Waals surface area (Å²) in [7, 11) is 0. The van der Waals surface area contributed by atoms with Gasteiger partial charge >= 0.3 is 5.97 Å². The maximum absolute atomic E-state index is 11.1. The number of carboxylic acid groups (broad SMARTS) is 1. The first-order chi connectivity index (χ1) is 11.6. The Morgan fingerprint density at radius 1 is 1.28 bits per heavy atom. The maximum Gasteiger partial charge on any atom is 0.364 e. The molecule has 0 radical (unpaired) electrons. The third kappa shape index (κ3) is 5.83. The molecule has 2 aliphatic heterocycles. The van der Waals surface area contributed by atoms with Gasteiger partial charge in [0.1, 0.15) is 31.5 Å². The van der Waals surface area contributed by atoms with Crippen molar-refractivity contribution in [2.45, 2.75) is 49.6 Å². The van der Waals surface area contributed by atoms with Gasteiger partial charge in [0.25, 0.3) is 5.79 Å². The summed E-state index contributed by atoms with van der Waals surface area (Å²) < 4.78 is 4.86. The monoisotopic (exact) mass is 369 g/mol. The van der Waals surface area contributed by atoms with Crippen molar-refractivity contribution in [1.29, 1.82) is 0 Å². The van der Waals surface area contributed by atoms with Crippen molar-refractivity contribution < 1.29 is 54.7 Å². The summed E-state index contributed by atoms with van der Waals surface area (Å²) in [6, 6.07) is -1.27. The van der Waals surface area contributed by atoms with Crippen molar-refractivity contribution in [3.63, 3.8) is 0 Å². The SMILES string of the molecule is C1COO1.CC(=O)N[C@H]1[C@H]([C@H](O)[C@H](O)CO)O[C@](O)(C(=O)O)C[C@@H]1O. The van der Waals surface area contributed by atoms with Crippen LogP contribution >= 0.6 is 0 Å². The summed E-state index contributed by atoms with van der Waals surface area (Å²) in [6.45, 7) is 1.81. The lowest BCUT2D eigenvalue weighted by Crippen LogP contribution is -2.67. The molecule has 2 heterocycles.